The molecule has 2 rings (SSSR count). The normalized spacial score (nSPS) is 10.5. The number of carbonyl (C=O) groups is 1. The fourth-order valence-electron chi connectivity index (χ4n) is 2.15. The summed E-state index contributed by atoms with van der Waals surface area (Å²) in [6.45, 7) is 3.41. The molecule has 0 bridgehead atoms. The molecule has 1 amide bonds. The summed E-state index contributed by atoms with van der Waals surface area (Å²) in [5, 5.41) is 2.74. The van der Waals surface area contributed by atoms with Crippen molar-refractivity contribution in [2.45, 2.75) is 20.0 Å². The van der Waals surface area contributed by atoms with Crippen LogP contribution in [-0.4, -0.2) is 19.2 Å². The Morgan fingerprint density at radius 2 is 1.83 bits per heavy atom. The van der Waals surface area contributed by atoms with Crippen LogP contribution in [0.4, 0.5) is 4.79 Å². The molecule has 4 nitrogen and oxygen atoms in total. The molecule has 0 fully saturated rings. The zero-order valence-corrected chi connectivity index (χ0v) is 13.9. The van der Waals surface area contributed by atoms with Crippen molar-refractivity contribution in [2.24, 2.45) is 0 Å². The Balaban J connectivity index is 1.68. The van der Waals surface area contributed by atoms with Crippen LogP contribution < -0.4 is 10.1 Å². The summed E-state index contributed by atoms with van der Waals surface area (Å²) in [5.74, 6) is 0.867. The smallest absolute Gasteiger partial charge is 0.407 e. The van der Waals surface area contributed by atoms with Gasteiger partial charge in [0.15, 0.2) is 0 Å². The summed E-state index contributed by atoms with van der Waals surface area (Å²) in [7, 11) is 0. The molecule has 0 aromatic heterocycles. The third-order valence-electron chi connectivity index (χ3n) is 3.31. The lowest BCUT2D eigenvalue weighted by molar-refractivity contribution is 0.140. The first kappa shape index (κ1) is 17.6. The summed E-state index contributed by atoms with van der Waals surface area (Å²) < 4.78 is 10.7. The van der Waals surface area contributed by atoms with Gasteiger partial charge in [-0.15, -0.1) is 0 Å². The molecule has 0 aliphatic rings. The zero-order valence-electron chi connectivity index (χ0n) is 13.9. The molecule has 0 aliphatic heterocycles. The van der Waals surface area contributed by atoms with Crippen molar-refractivity contribution >= 4 is 12.2 Å². The van der Waals surface area contributed by atoms with Crippen LogP contribution >= 0.6 is 0 Å². The van der Waals surface area contributed by atoms with Crippen LogP contribution in [0, 0.1) is 0 Å². The van der Waals surface area contributed by atoms with E-state index in [0.717, 1.165) is 23.3 Å². The molecule has 0 radical (unpaired) electrons. The predicted molar refractivity (Wildman–Crippen MR) is 95.9 cm³/mol. The predicted octanol–water partition coefficient (Wildman–Crippen LogP) is 4.42. The van der Waals surface area contributed by atoms with Crippen molar-refractivity contribution in [3.8, 4) is 5.75 Å². The minimum Gasteiger partial charge on any atom is -0.493 e. The van der Waals surface area contributed by atoms with Crippen molar-refractivity contribution < 1.29 is 14.3 Å². The fourth-order valence-corrected chi connectivity index (χ4v) is 2.15. The van der Waals surface area contributed by atoms with Gasteiger partial charge in [-0.25, -0.2) is 4.79 Å². The van der Waals surface area contributed by atoms with Gasteiger partial charge in [0.1, 0.15) is 12.4 Å². The van der Waals surface area contributed by atoms with Gasteiger partial charge in [-0.05, 0) is 25.0 Å². The van der Waals surface area contributed by atoms with Crippen LogP contribution in [0.1, 0.15) is 24.5 Å². The summed E-state index contributed by atoms with van der Waals surface area (Å²) in [5.41, 5.74) is 2.01. The highest BCUT2D eigenvalue weighted by molar-refractivity contribution is 5.67. The lowest BCUT2D eigenvalue weighted by Gasteiger charge is -2.07. The molecule has 0 spiro atoms. The molecule has 24 heavy (non-hydrogen) atoms. The molecular weight excluding hydrogens is 302 g/mol. The van der Waals surface area contributed by atoms with E-state index in [1.54, 1.807) is 0 Å². The van der Waals surface area contributed by atoms with Crippen LogP contribution in [-0.2, 0) is 11.3 Å². The first-order valence-electron chi connectivity index (χ1n) is 8.12. The van der Waals surface area contributed by atoms with Gasteiger partial charge in [0.2, 0.25) is 0 Å². The second-order valence-corrected chi connectivity index (χ2v) is 5.15. The van der Waals surface area contributed by atoms with E-state index in [4.69, 9.17) is 9.47 Å². The van der Waals surface area contributed by atoms with Crippen molar-refractivity contribution in [3.05, 3.63) is 71.8 Å². The lowest BCUT2D eigenvalue weighted by Crippen LogP contribution is -2.24. The maximum absolute atomic E-state index is 11.6. The number of carbonyl (C=O) groups excluding carboxylic acids is 1. The van der Waals surface area contributed by atoms with E-state index < -0.39 is 6.09 Å². The van der Waals surface area contributed by atoms with Crippen LogP contribution in [0.15, 0.2) is 60.7 Å². The number of nitrogens with one attached hydrogen (secondary N) is 1. The Hall–Kier alpha value is -2.75. The summed E-state index contributed by atoms with van der Waals surface area (Å²) in [4.78, 5) is 11.6. The molecule has 0 saturated heterocycles. The van der Waals surface area contributed by atoms with Gasteiger partial charge in [-0.2, -0.15) is 0 Å². The Labute approximate surface area is 143 Å². The maximum atomic E-state index is 11.6. The highest BCUT2D eigenvalue weighted by Gasteiger charge is 2.01. The standard InChI is InChI=1S/C20H23NO3/c1-2-23-19-14-7-6-12-18(19)13-8-9-15-21-20(22)24-16-17-10-4-3-5-11-17/h3-8,10-14H,2,9,15-16H2,1H3,(H,21,22). The Kier molecular flexibility index (Phi) is 7.41. The van der Waals surface area contributed by atoms with E-state index in [9.17, 15) is 4.79 Å². The summed E-state index contributed by atoms with van der Waals surface area (Å²) in [6.07, 6.45) is 4.33. The van der Waals surface area contributed by atoms with Crippen molar-refractivity contribution in [1.29, 1.82) is 0 Å². The van der Waals surface area contributed by atoms with Crippen LogP contribution in [0.3, 0.4) is 0 Å². The molecule has 0 heterocycles. The van der Waals surface area contributed by atoms with Crippen LogP contribution in [0.2, 0.25) is 0 Å². The molecule has 126 valence electrons. The van der Waals surface area contributed by atoms with E-state index in [1.807, 2.05) is 73.7 Å². The molecule has 2 aromatic carbocycles. The first-order valence-corrected chi connectivity index (χ1v) is 8.12. The number of para-hydroxylation sites is 1. The summed E-state index contributed by atoms with van der Waals surface area (Å²) >= 11 is 0. The van der Waals surface area contributed by atoms with E-state index in [-0.39, 0.29) is 6.61 Å². The average Bonchev–Trinajstić information content (AvgIpc) is 2.62. The molecule has 0 saturated carbocycles. The fraction of sp³-hybridized carbons (Fsp3) is 0.250. The number of ether oxygens (including phenoxy) is 2. The van der Waals surface area contributed by atoms with Gasteiger partial charge < -0.3 is 14.8 Å². The maximum Gasteiger partial charge on any atom is 0.407 e. The lowest BCUT2D eigenvalue weighted by atomic mass is 10.2. The molecule has 2 aromatic rings. The number of benzene rings is 2. The molecule has 1 N–H and O–H groups in total. The highest BCUT2D eigenvalue weighted by Crippen LogP contribution is 2.19. The van der Waals surface area contributed by atoms with Gasteiger partial charge in [-0.1, -0.05) is 60.7 Å². The molecule has 0 aliphatic carbocycles. The molecular formula is C20H23NO3. The number of hydrogen-bond acceptors (Lipinski definition) is 3. The van der Waals surface area contributed by atoms with Crippen molar-refractivity contribution in [3.63, 3.8) is 0 Å². The Morgan fingerprint density at radius 1 is 1.08 bits per heavy atom. The Bertz CT molecular complexity index is 653. The van der Waals surface area contributed by atoms with Gasteiger partial charge in [0, 0.05) is 12.1 Å². The minimum atomic E-state index is -0.401. The summed E-state index contributed by atoms with van der Waals surface area (Å²) in [6, 6.07) is 17.5. The SMILES string of the molecule is CCOc1ccccc1C=CCCNC(=O)OCc1ccccc1. The number of rotatable bonds is 8. The van der Waals surface area contributed by atoms with E-state index in [1.165, 1.54) is 0 Å². The molecule has 0 unspecified atom stereocenters. The van der Waals surface area contributed by atoms with E-state index >= 15 is 0 Å². The van der Waals surface area contributed by atoms with E-state index in [2.05, 4.69) is 5.32 Å². The second-order valence-electron chi connectivity index (χ2n) is 5.15. The third-order valence-corrected chi connectivity index (χ3v) is 3.31. The quantitative estimate of drug-likeness (QED) is 0.731. The third kappa shape index (κ3) is 6.16. The largest absolute Gasteiger partial charge is 0.493 e. The Morgan fingerprint density at radius 3 is 2.62 bits per heavy atom. The van der Waals surface area contributed by atoms with E-state index in [0.29, 0.717) is 13.2 Å². The molecule has 0 atom stereocenters. The highest BCUT2D eigenvalue weighted by atomic mass is 16.5. The van der Waals surface area contributed by atoms with Crippen molar-refractivity contribution in [1.82, 2.24) is 5.32 Å². The molecule has 4 heteroatoms. The van der Waals surface area contributed by atoms with Crippen LogP contribution in [0.5, 0.6) is 5.75 Å². The van der Waals surface area contributed by atoms with Crippen molar-refractivity contribution in [2.75, 3.05) is 13.2 Å². The van der Waals surface area contributed by atoms with Crippen LogP contribution in [0.25, 0.3) is 6.08 Å². The zero-order chi connectivity index (χ0) is 17.0. The van der Waals surface area contributed by atoms with Gasteiger partial charge in [0.05, 0.1) is 6.61 Å². The average molecular weight is 325 g/mol. The second kappa shape index (κ2) is 10.1. The number of alkyl carbamates (subject to hydrolysis) is 1. The van der Waals surface area contributed by atoms with Gasteiger partial charge in [-0.3, -0.25) is 0 Å². The minimum absolute atomic E-state index is 0.282. The number of amides is 1. The first-order chi connectivity index (χ1) is 11.8. The monoisotopic (exact) mass is 325 g/mol. The number of hydrogen-bond donors (Lipinski definition) is 1. The van der Waals surface area contributed by atoms with Gasteiger partial charge in [0.25, 0.3) is 0 Å². The van der Waals surface area contributed by atoms with Gasteiger partial charge >= 0.3 is 6.09 Å². The topological polar surface area (TPSA) is 47.6 Å².